The number of nitrogens with zero attached hydrogens (tertiary/aromatic N) is 5. The maximum atomic E-state index is 5.87. The van der Waals surface area contributed by atoms with E-state index >= 15 is 0 Å². The second kappa shape index (κ2) is 6.25. The molecule has 3 aromatic rings. The largest absolute Gasteiger partial charge is 0.305 e. The van der Waals surface area contributed by atoms with Gasteiger partial charge >= 0.3 is 0 Å². The summed E-state index contributed by atoms with van der Waals surface area (Å²) in [4.78, 5) is 10.2. The van der Waals surface area contributed by atoms with Crippen molar-refractivity contribution < 1.29 is 0 Å². The molecular weight excluding hydrogens is 298 g/mol. The first kappa shape index (κ1) is 14.7. The van der Waals surface area contributed by atoms with Gasteiger partial charge < -0.3 is 4.90 Å². The summed E-state index contributed by atoms with van der Waals surface area (Å²) in [6, 6.07) is 11.9. The minimum Gasteiger partial charge on any atom is -0.305 e. The van der Waals surface area contributed by atoms with Gasteiger partial charge in [-0.1, -0.05) is 30.3 Å². The zero-order chi connectivity index (χ0) is 15.5. The van der Waals surface area contributed by atoms with Crippen molar-refractivity contribution >= 4 is 11.6 Å². The molecule has 0 aliphatic carbocycles. The third-order valence-electron chi connectivity index (χ3n) is 3.17. The van der Waals surface area contributed by atoms with E-state index in [9.17, 15) is 0 Å². The van der Waals surface area contributed by atoms with E-state index in [-0.39, 0.29) is 5.28 Å². The van der Waals surface area contributed by atoms with Crippen LogP contribution in [-0.4, -0.2) is 38.7 Å². The van der Waals surface area contributed by atoms with Crippen LogP contribution in [0.3, 0.4) is 0 Å². The van der Waals surface area contributed by atoms with E-state index in [4.69, 9.17) is 11.6 Å². The molecule has 112 valence electrons. The summed E-state index contributed by atoms with van der Waals surface area (Å²) < 4.78 is 1.74. The first-order valence-electron chi connectivity index (χ1n) is 6.91. The highest BCUT2D eigenvalue weighted by atomic mass is 35.5. The van der Waals surface area contributed by atoms with Crippen molar-refractivity contribution in [3.05, 3.63) is 59.6 Å². The van der Waals surface area contributed by atoms with Crippen LogP contribution in [0.5, 0.6) is 0 Å². The van der Waals surface area contributed by atoms with Gasteiger partial charge in [-0.15, -0.1) is 0 Å². The number of rotatable bonds is 4. The molecule has 0 saturated carbocycles. The van der Waals surface area contributed by atoms with Gasteiger partial charge in [-0.2, -0.15) is 10.1 Å². The Morgan fingerprint density at radius 1 is 1.14 bits per heavy atom. The molecule has 22 heavy (non-hydrogen) atoms. The summed E-state index contributed by atoms with van der Waals surface area (Å²) >= 11 is 5.87. The maximum Gasteiger partial charge on any atom is 0.224 e. The van der Waals surface area contributed by atoms with Crippen molar-refractivity contribution in [3.63, 3.8) is 0 Å². The summed E-state index contributed by atoms with van der Waals surface area (Å²) in [6.45, 7) is 0.795. The fraction of sp³-hybridized carbons (Fsp3) is 0.188. The van der Waals surface area contributed by atoms with Gasteiger partial charge in [0, 0.05) is 36.1 Å². The minimum atomic E-state index is 0.212. The SMILES string of the molecule is CN(C)Cc1cn(-c2ccnc(Cl)n2)nc1-c1ccccc1. The van der Waals surface area contributed by atoms with Gasteiger partial charge in [-0.05, 0) is 25.7 Å². The number of hydrogen-bond acceptors (Lipinski definition) is 4. The first-order valence-corrected chi connectivity index (χ1v) is 7.29. The molecule has 0 saturated heterocycles. The Morgan fingerprint density at radius 3 is 2.59 bits per heavy atom. The Balaban J connectivity index is 2.09. The van der Waals surface area contributed by atoms with Crippen molar-refractivity contribution in [1.82, 2.24) is 24.6 Å². The van der Waals surface area contributed by atoms with Crippen molar-refractivity contribution in [2.45, 2.75) is 6.54 Å². The molecule has 0 bridgehead atoms. The van der Waals surface area contributed by atoms with E-state index in [1.165, 1.54) is 0 Å². The lowest BCUT2D eigenvalue weighted by Gasteiger charge is -2.08. The van der Waals surface area contributed by atoms with Gasteiger partial charge in [0.1, 0.15) is 0 Å². The molecule has 2 aromatic heterocycles. The summed E-state index contributed by atoms with van der Waals surface area (Å²) in [5.41, 5.74) is 3.16. The maximum absolute atomic E-state index is 5.87. The topological polar surface area (TPSA) is 46.8 Å². The highest BCUT2D eigenvalue weighted by Gasteiger charge is 2.13. The Morgan fingerprint density at radius 2 is 1.91 bits per heavy atom. The van der Waals surface area contributed by atoms with Gasteiger partial charge in [0.25, 0.3) is 0 Å². The van der Waals surface area contributed by atoms with E-state index < -0.39 is 0 Å². The van der Waals surface area contributed by atoms with Crippen LogP contribution < -0.4 is 0 Å². The van der Waals surface area contributed by atoms with Crippen molar-refractivity contribution in [3.8, 4) is 17.1 Å². The third-order valence-corrected chi connectivity index (χ3v) is 3.35. The fourth-order valence-corrected chi connectivity index (χ4v) is 2.42. The lowest BCUT2D eigenvalue weighted by Crippen LogP contribution is -2.10. The second-order valence-corrected chi connectivity index (χ2v) is 5.57. The molecule has 0 spiro atoms. The molecule has 0 unspecified atom stereocenters. The Bertz CT molecular complexity index is 767. The Kier molecular flexibility index (Phi) is 4.18. The van der Waals surface area contributed by atoms with Crippen LogP contribution in [-0.2, 0) is 6.54 Å². The third kappa shape index (κ3) is 3.16. The highest BCUT2D eigenvalue weighted by molar-refractivity contribution is 6.28. The summed E-state index contributed by atoms with van der Waals surface area (Å²) in [7, 11) is 4.07. The standard InChI is InChI=1S/C16H16ClN5/c1-21(2)10-13-11-22(14-8-9-18-16(17)19-14)20-15(13)12-6-4-3-5-7-12/h3-9,11H,10H2,1-2H3. The van der Waals surface area contributed by atoms with Crippen LogP contribution in [0.15, 0.2) is 48.8 Å². The molecule has 0 fully saturated rings. The molecule has 3 rings (SSSR count). The fourth-order valence-electron chi connectivity index (χ4n) is 2.28. The quantitative estimate of drug-likeness (QED) is 0.695. The lowest BCUT2D eigenvalue weighted by atomic mass is 10.1. The van der Waals surface area contributed by atoms with Gasteiger partial charge in [0.05, 0.1) is 5.69 Å². The van der Waals surface area contributed by atoms with Crippen LogP contribution in [0.1, 0.15) is 5.56 Å². The number of aromatic nitrogens is 4. The highest BCUT2D eigenvalue weighted by Crippen LogP contribution is 2.24. The normalized spacial score (nSPS) is 11.1. The minimum absolute atomic E-state index is 0.212. The zero-order valence-electron chi connectivity index (χ0n) is 12.4. The molecule has 2 heterocycles. The molecular formula is C16H16ClN5. The zero-order valence-corrected chi connectivity index (χ0v) is 13.2. The Labute approximate surface area is 134 Å². The van der Waals surface area contributed by atoms with Crippen molar-refractivity contribution in [1.29, 1.82) is 0 Å². The van der Waals surface area contributed by atoms with Crippen molar-refractivity contribution in [2.24, 2.45) is 0 Å². The average Bonchev–Trinajstić information content (AvgIpc) is 2.91. The van der Waals surface area contributed by atoms with Gasteiger partial charge in [0.2, 0.25) is 5.28 Å². The van der Waals surface area contributed by atoms with Crippen LogP contribution in [0, 0.1) is 0 Å². The predicted octanol–water partition coefficient (Wildman–Crippen LogP) is 3.04. The van der Waals surface area contributed by atoms with Gasteiger partial charge in [-0.25, -0.2) is 9.67 Å². The Hall–Kier alpha value is -2.24. The summed E-state index contributed by atoms with van der Waals surface area (Å²) in [5.74, 6) is 0.655. The van der Waals surface area contributed by atoms with Crippen LogP contribution in [0.25, 0.3) is 17.1 Å². The molecule has 0 aliphatic rings. The molecule has 6 heteroatoms. The molecule has 1 aromatic carbocycles. The number of hydrogen-bond donors (Lipinski definition) is 0. The summed E-state index contributed by atoms with van der Waals surface area (Å²) in [5, 5.41) is 4.90. The van der Waals surface area contributed by atoms with Crippen LogP contribution in [0.4, 0.5) is 0 Å². The lowest BCUT2D eigenvalue weighted by molar-refractivity contribution is 0.403. The smallest absolute Gasteiger partial charge is 0.224 e. The van der Waals surface area contributed by atoms with E-state index in [2.05, 4.69) is 32.1 Å². The average molecular weight is 314 g/mol. The molecule has 0 radical (unpaired) electrons. The van der Waals surface area contributed by atoms with Gasteiger partial charge in [0.15, 0.2) is 5.82 Å². The predicted molar refractivity (Wildman–Crippen MR) is 87.0 cm³/mol. The van der Waals surface area contributed by atoms with E-state index in [1.807, 2.05) is 38.5 Å². The summed E-state index contributed by atoms with van der Waals surface area (Å²) in [6.07, 6.45) is 3.61. The van der Waals surface area contributed by atoms with Crippen LogP contribution >= 0.6 is 11.6 Å². The number of benzene rings is 1. The first-order chi connectivity index (χ1) is 10.6. The van der Waals surface area contributed by atoms with E-state index in [0.717, 1.165) is 23.4 Å². The molecule has 0 N–H and O–H groups in total. The molecule has 0 amide bonds. The second-order valence-electron chi connectivity index (χ2n) is 5.24. The van der Waals surface area contributed by atoms with E-state index in [0.29, 0.717) is 5.82 Å². The molecule has 0 atom stereocenters. The van der Waals surface area contributed by atoms with Crippen LogP contribution in [0.2, 0.25) is 5.28 Å². The molecule has 5 nitrogen and oxygen atoms in total. The number of halogens is 1. The molecule has 0 aliphatic heterocycles. The van der Waals surface area contributed by atoms with E-state index in [1.54, 1.807) is 16.9 Å². The monoisotopic (exact) mass is 313 g/mol. The van der Waals surface area contributed by atoms with Gasteiger partial charge in [-0.3, -0.25) is 0 Å². The van der Waals surface area contributed by atoms with Crippen molar-refractivity contribution in [2.75, 3.05) is 14.1 Å².